The SMILES string of the molecule is COC1OC(CO)C(O)C(OC2OC(C(=O)O)C(OC3OC(CO)C(O)C(OC4OC(C(=O)NCCOCCOCCOCCN=[N+]=[N-])C(OC)C(O)C4O)C3NC(C)=O)C(O)C2O)C1NC(C)=O. The highest BCUT2D eigenvalue weighted by Gasteiger charge is 2.57. The van der Waals surface area contributed by atoms with Gasteiger partial charge in [-0.05, 0) is 5.53 Å². The minimum atomic E-state index is -2.27. The molecule has 4 aliphatic rings. The first-order valence-corrected chi connectivity index (χ1v) is 21.7. The predicted molar refractivity (Wildman–Crippen MR) is 220 cm³/mol. The Morgan fingerprint density at radius 1 is 0.580 bits per heavy atom. The molecule has 0 aromatic carbocycles. The number of nitrogens with zero attached hydrogens (tertiary/aromatic N) is 3. The van der Waals surface area contributed by atoms with Gasteiger partial charge in [0.05, 0.1) is 52.9 Å². The van der Waals surface area contributed by atoms with Gasteiger partial charge in [-0.15, -0.1) is 0 Å². The molecule has 3 amide bonds. The summed E-state index contributed by atoms with van der Waals surface area (Å²) in [4.78, 5) is 53.5. The lowest BCUT2D eigenvalue weighted by atomic mass is 9.94. The molecular formula is C38H64N6O25. The third kappa shape index (κ3) is 15.4. The zero-order chi connectivity index (χ0) is 50.9. The van der Waals surface area contributed by atoms with Gasteiger partial charge in [0.1, 0.15) is 85.3 Å². The average Bonchev–Trinajstić information content (AvgIpc) is 3.31. The lowest BCUT2D eigenvalue weighted by Gasteiger charge is -2.50. The fourth-order valence-electron chi connectivity index (χ4n) is 7.78. The molecule has 12 N–H and O–H groups in total. The number of rotatable bonds is 26. The summed E-state index contributed by atoms with van der Waals surface area (Å²) in [5.74, 6) is -4.19. The van der Waals surface area contributed by atoms with Gasteiger partial charge in [0.25, 0.3) is 5.91 Å². The van der Waals surface area contributed by atoms with Crippen LogP contribution in [0.1, 0.15) is 13.8 Å². The number of azide groups is 1. The summed E-state index contributed by atoms with van der Waals surface area (Å²) in [6.07, 6.45) is -33.7. The molecule has 4 heterocycles. The number of carboxylic acid groups (broad SMARTS) is 1. The van der Waals surface area contributed by atoms with Gasteiger partial charge in [-0.3, -0.25) is 14.4 Å². The molecule has 0 saturated carbocycles. The van der Waals surface area contributed by atoms with Gasteiger partial charge < -0.3 is 119 Å². The first kappa shape index (κ1) is 58.0. The van der Waals surface area contributed by atoms with E-state index >= 15 is 0 Å². The van der Waals surface area contributed by atoms with Crippen molar-refractivity contribution in [3.63, 3.8) is 0 Å². The fourth-order valence-corrected chi connectivity index (χ4v) is 7.78. The molecule has 4 fully saturated rings. The first-order valence-electron chi connectivity index (χ1n) is 21.7. The van der Waals surface area contributed by atoms with Crippen LogP contribution in [0.5, 0.6) is 0 Å². The normalized spacial score (nSPS) is 38.1. The van der Waals surface area contributed by atoms with Crippen LogP contribution < -0.4 is 16.0 Å². The Labute approximate surface area is 393 Å². The van der Waals surface area contributed by atoms with Crippen molar-refractivity contribution >= 4 is 23.7 Å². The number of methoxy groups -OCH3 is 2. The number of aliphatic hydroxyl groups is 8. The predicted octanol–water partition coefficient (Wildman–Crippen LogP) is -7.58. The Kier molecular flexibility index (Phi) is 23.9. The Hall–Kier alpha value is -3.61. The summed E-state index contributed by atoms with van der Waals surface area (Å²) in [6, 6.07) is -3.11. The van der Waals surface area contributed by atoms with E-state index in [1.54, 1.807) is 0 Å². The van der Waals surface area contributed by atoms with Crippen LogP contribution >= 0.6 is 0 Å². The van der Waals surface area contributed by atoms with Crippen LogP contribution in [0.3, 0.4) is 0 Å². The number of amides is 3. The van der Waals surface area contributed by atoms with Gasteiger partial charge >= 0.3 is 5.97 Å². The zero-order valence-corrected chi connectivity index (χ0v) is 38.0. The molecule has 0 radical (unpaired) electrons. The Morgan fingerprint density at radius 3 is 1.52 bits per heavy atom. The van der Waals surface area contributed by atoms with Crippen LogP contribution in [0.15, 0.2) is 5.11 Å². The number of hydrogen-bond acceptors (Lipinski definition) is 25. The molecule has 20 unspecified atom stereocenters. The number of aliphatic hydroxyl groups excluding tert-OH is 8. The van der Waals surface area contributed by atoms with Crippen LogP contribution in [0, 0.1) is 0 Å². The Balaban J connectivity index is 1.48. The molecular weight excluding hydrogens is 940 g/mol. The van der Waals surface area contributed by atoms with Crippen molar-refractivity contribution in [3.05, 3.63) is 10.4 Å². The smallest absolute Gasteiger partial charge is 0.335 e. The monoisotopic (exact) mass is 1000 g/mol. The van der Waals surface area contributed by atoms with Gasteiger partial charge in [-0.2, -0.15) is 0 Å². The lowest BCUT2D eigenvalue weighted by Crippen LogP contribution is -2.71. The van der Waals surface area contributed by atoms with Gasteiger partial charge in [0, 0.05) is 46.1 Å². The minimum absolute atomic E-state index is 0.00396. The van der Waals surface area contributed by atoms with Gasteiger partial charge in [0.15, 0.2) is 37.4 Å². The molecule has 0 aromatic rings. The standard InChI is InChI=1S/C38H64N6O25/c1-15(47)42-19-27(21(49)17(13-45)63-35(19)59-4)65-38-26(54)24(52)30(32(69-38)34(56)57)67-36-20(43-16(2)48)28(22(50)18(14-46)64-36)66-37-25(53)23(51)29(58-3)31(68-37)33(55)40-5-7-60-9-11-62-12-10-61-8-6-41-44-39/h17-32,35-38,45-46,49-54H,5-14H2,1-4H3,(H,40,55)(H,42,47)(H,43,48)(H,56,57). The van der Waals surface area contributed by atoms with Crippen molar-refractivity contribution in [1.29, 1.82) is 0 Å². The summed E-state index contributed by atoms with van der Waals surface area (Å²) in [5.41, 5.74) is 8.26. The van der Waals surface area contributed by atoms with Crippen molar-refractivity contribution < 1.29 is 122 Å². The Bertz CT molecular complexity index is 1670. The molecule has 4 saturated heterocycles. The highest BCUT2D eigenvalue weighted by molar-refractivity contribution is 5.81. The van der Waals surface area contributed by atoms with E-state index in [1.807, 2.05) is 0 Å². The number of carbonyl (C=O) groups is 4. The zero-order valence-electron chi connectivity index (χ0n) is 38.0. The Morgan fingerprint density at radius 2 is 1.04 bits per heavy atom. The van der Waals surface area contributed by atoms with Crippen LogP contribution in [-0.4, -0.2) is 273 Å². The van der Waals surface area contributed by atoms with Crippen molar-refractivity contribution in [2.75, 3.05) is 80.2 Å². The summed E-state index contributed by atoms with van der Waals surface area (Å²) >= 11 is 0. The number of carboxylic acids is 1. The minimum Gasteiger partial charge on any atom is -0.479 e. The third-order valence-electron chi connectivity index (χ3n) is 11.1. The van der Waals surface area contributed by atoms with Gasteiger partial charge in [-0.25, -0.2) is 4.79 Å². The maximum Gasteiger partial charge on any atom is 0.335 e. The molecule has 0 aromatic heterocycles. The molecule has 0 bridgehead atoms. The maximum atomic E-state index is 13.4. The van der Waals surface area contributed by atoms with Crippen LogP contribution in [0.2, 0.25) is 0 Å². The van der Waals surface area contributed by atoms with E-state index in [-0.39, 0.29) is 52.7 Å². The lowest BCUT2D eigenvalue weighted by molar-refractivity contribution is -0.369. The van der Waals surface area contributed by atoms with Crippen LogP contribution in [0.25, 0.3) is 10.4 Å². The van der Waals surface area contributed by atoms with E-state index in [0.717, 1.165) is 21.0 Å². The van der Waals surface area contributed by atoms with E-state index in [9.17, 15) is 65.1 Å². The second-order valence-electron chi connectivity index (χ2n) is 15.9. The summed E-state index contributed by atoms with van der Waals surface area (Å²) in [7, 11) is 2.31. The van der Waals surface area contributed by atoms with Crippen molar-refractivity contribution in [1.82, 2.24) is 16.0 Å². The van der Waals surface area contributed by atoms with Gasteiger partial charge in [0.2, 0.25) is 11.8 Å². The molecule has 4 aliphatic heterocycles. The highest BCUT2D eigenvalue weighted by Crippen LogP contribution is 2.35. The number of aliphatic carboxylic acids is 1. The maximum absolute atomic E-state index is 13.4. The van der Waals surface area contributed by atoms with E-state index in [4.69, 9.17) is 62.4 Å². The summed E-state index contributed by atoms with van der Waals surface area (Å²) in [6.45, 7) is 1.54. The number of carbonyl (C=O) groups excluding carboxylic acids is 3. The molecule has 0 aliphatic carbocycles. The van der Waals surface area contributed by atoms with E-state index in [2.05, 4.69) is 26.0 Å². The fraction of sp³-hybridized carbons (Fsp3) is 0.895. The summed E-state index contributed by atoms with van der Waals surface area (Å²) < 4.78 is 66.7. The number of hydrogen-bond donors (Lipinski definition) is 12. The van der Waals surface area contributed by atoms with E-state index in [1.165, 1.54) is 7.11 Å². The second-order valence-corrected chi connectivity index (χ2v) is 15.9. The highest BCUT2D eigenvalue weighted by atomic mass is 16.8. The molecule has 31 nitrogen and oxygen atoms in total. The number of ether oxygens (including phenoxy) is 12. The summed E-state index contributed by atoms with van der Waals surface area (Å²) in [5, 5.41) is 108. The van der Waals surface area contributed by atoms with E-state index in [0.29, 0.717) is 0 Å². The molecule has 31 heteroatoms. The molecule has 396 valence electrons. The first-order chi connectivity index (χ1) is 32.9. The molecule has 0 spiro atoms. The molecule has 4 rings (SSSR count). The van der Waals surface area contributed by atoms with E-state index < -0.39 is 160 Å². The second kappa shape index (κ2) is 28.4. The van der Waals surface area contributed by atoms with Crippen LogP contribution in [-0.2, 0) is 76.0 Å². The molecule has 69 heavy (non-hydrogen) atoms. The van der Waals surface area contributed by atoms with Crippen molar-refractivity contribution in [2.45, 2.75) is 137 Å². The van der Waals surface area contributed by atoms with Gasteiger partial charge in [-0.1, -0.05) is 5.11 Å². The van der Waals surface area contributed by atoms with Crippen molar-refractivity contribution in [3.8, 4) is 0 Å². The van der Waals surface area contributed by atoms with Crippen LogP contribution in [0.4, 0.5) is 0 Å². The topological polar surface area (TPSA) is 446 Å². The largest absolute Gasteiger partial charge is 0.479 e. The number of nitrogens with one attached hydrogen (secondary N) is 3. The quantitative estimate of drug-likeness (QED) is 0.0166. The third-order valence-corrected chi connectivity index (χ3v) is 11.1. The average molecular weight is 1000 g/mol. The molecule has 20 atom stereocenters. The van der Waals surface area contributed by atoms with Crippen molar-refractivity contribution in [2.24, 2.45) is 5.11 Å².